The van der Waals surface area contributed by atoms with E-state index in [1.807, 2.05) is 54.6 Å². The third-order valence-electron chi connectivity index (χ3n) is 10.8. The predicted molar refractivity (Wildman–Crippen MR) is 203 cm³/mol. The van der Waals surface area contributed by atoms with Gasteiger partial charge in [-0.15, -0.1) is 11.3 Å². The Kier molecular flexibility index (Phi) is 10.8. The minimum absolute atomic E-state index is 0.229. The minimum Gasteiger partial charge on any atom is -0.481 e. The van der Waals surface area contributed by atoms with E-state index < -0.39 is 11.9 Å². The van der Waals surface area contributed by atoms with E-state index in [2.05, 4.69) is 21.6 Å². The second-order valence-electron chi connectivity index (χ2n) is 14.5. The molecule has 2 amide bonds. The summed E-state index contributed by atoms with van der Waals surface area (Å²) >= 11 is 1.51. The lowest BCUT2D eigenvalue weighted by molar-refractivity contribution is -0.143. The number of anilines is 2. The minimum atomic E-state index is -0.936. The van der Waals surface area contributed by atoms with Crippen molar-refractivity contribution in [1.82, 2.24) is 4.90 Å². The molecule has 270 valence electrons. The number of amides is 2. The van der Waals surface area contributed by atoms with E-state index in [4.69, 9.17) is 5.11 Å². The first-order valence-electron chi connectivity index (χ1n) is 18.5. The van der Waals surface area contributed by atoms with Crippen molar-refractivity contribution < 1.29 is 29.4 Å². The molecule has 9 nitrogen and oxygen atoms in total. The van der Waals surface area contributed by atoms with Crippen LogP contribution >= 0.6 is 11.3 Å². The highest BCUT2D eigenvalue weighted by molar-refractivity contribution is 7.17. The number of aromatic carboxylic acids is 1. The van der Waals surface area contributed by atoms with Crippen molar-refractivity contribution in [2.45, 2.75) is 95.7 Å². The van der Waals surface area contributed by atoms with Crippen LogP contribution in [0.5, 0.6) is 0 Å². The van der Waals surface area contributed by atoms with Gasteiger partial charge in [0.25, 0.3) is 11.8 Å². The summed E-state index contributed by atoms with van der Waals surface area (Å²) in [4.78, 5) is 54.0. The number of aliphatic carboxylic acids is 1. The third kappa shape index (κ3) is 8.45. The molecule has 7 rings (SSSR count). The molecule has 0 bridgehead atoms. The highest BCUT2D eigenvalue weighted by atomic mass is 32.1. The largest absolute Gasteiger partial charge is 0.481 e. The molecule has 3 aliphatic rings. The molecule has 1 heterocycles. The molecule has 0 aliphatic heterocycles. The highest BCUT2D eigenvalue weighted by Crippen LogP contribution is 2.39. The van der Waals surface area contributed by atoms with Crippen molar-refractivity contribution in [2.24, 2.45) is 5.92 Å². The first-order valence-corrected chi connectivity index (χ1v) is 19.3. The van der Waals surface area contributed by atoms with Crippen LogP contribution in [0, 0.1) is 5.92 Å². The van der Waals surface area contributed by atoms with Gasteiger partial charge >= 0.3 is 11.9 Å². The number of rotatable bonds is 13. The summed E-state index contributed by atoms with van der Waals surface area (Å²) in [7, 11) is 0. The van der Waals surface area contributed by atoms with Crippen molar-refractivity contribution in [3.8, 4) is 0 Å². The first kappa shape index (κ1) is 35.6. The molecule has 4 aromatic rings. The number of carbonyl (C=O) groups is 4. The Morgan fingerprint density at radius 3 is 1.96 bits per heavy atom. The number of fused-ring (bicyclic) bond motifs is 1. The van der Waals surface area contributed by atoms with Gasteiger partial charge in [-0.05, 0) is 136 Å². The molecule has 2 fully saturated rings. The summed E-state index contributed by atoms with van der Waals surface area (Å²) in [5.74, 6) is -2.33. The normalized spacial score (nSPS) is 18.4. The van der Waals surface area contributed by atoms with E-state index in [1.54, 1.807) is 12.1 Å². The number of nitrogens with zero attached hydrogens (tertiary/aromatic N) is 1. The van der Waals surface area contributed by atoms with E-state index in [-0.39, 0.29) is 23.3 Å². The molecule has 0 unspecified atom stereocenters. The Bertz CT molecular complexity index is 1940. The number of carboxylic acid groups (broad SMARTS) is 2. The van der Waals surface area contributed by atoms with Crippen molar-refractivity contribution in [3.63, 3.8) is 0 Å². The van der Waals surface area contributed by atoms with Gasteiger partial charge in [0, 0.05) is 34.8 Å². The zero-order chi connectivity index (χ0) is 36.2. The molecule has 0 radical (unpaired) electrons. The van der Waals surface area contributed by atoms with E-state index in [0.29, 0.717) is 46.7 Å². The Hall–Kier alpha value is -4.80. The molecule has 4 N–H and O–H groups in total. The van der Waals surface area contributed by atoms with Gasteiger partial charge in [-0.3, -0.25) is 19.3 Å². The summed E-state index contributed by atoms with van der Waals surface area (Å²) in [6, 6.07) is 23.3. The quantitative estimate of drug-likeness (QED) is 0.109. The number of hydrogen-bond acceptors (Lipinski definition) is 6. The fourth-order valence-electron chi connectivity index (χ4n) is 7.76. The molecule has 10 heteroatoms. The molecular formula is C42H45N3O6S. The lowest BCUT2D eigenvalue weighted by atomic mass is 9.85. The average molecular weight is 720 g/mol. The molecule has 3 aliphatic carbocycles. The number of benzene rings is 3. The third-order valence-corrected chi connectivity index (χ3v) is 12.0. The molecular weight excluding hydrogens is 675 g/mol. The van der Waals surface area contributed by atoms with Gasteiger partial charge in [0.2, 0.25) is 0 Å². The zero-order valence-electron chi connectivity index (χ0n) is 29.2. The summed E-state index contributed by atoms with van der Waals surface area (Å²) < 4.78 is 0. The Morgan fingerprint density at radius 1 is 0.692 bits per heavy atom. The molecule has 2 saturated carbocycles. The molecule has 1 aromatic heterocycles. The van der Waals surface area contributed by atoms with Crippen molar-refractivity contribution in [2.75, 3.05) is 10.6 Å². The average Bonchev–Trinajstić information content (AvgIpc) is 3.94. The lowest BCUT2D eigenvalue weighted by Crippen LogP contribution is -2.40. The maximum atomic E-state index is 13.9. The SMILES string of the molecule is O=C(O)c1ccc(CCc2ccc(NC(=O)c3c(NC(=O)c4cccc(CN(C5CCC(C(=O)O)CC5)C5CC5)c4)sc4c3CCCC4)cc2)cc1. The highest BCUT2D eigenvalue weighted by Gasteiger charge is 2.37. The van der Waals surface area contributed by atoms with Gasteiger partial charge in [-0.1, -0.05) is 36.4 Å². The molecule has 52 heavy (non-hydrogen) atoms. The molecule has 0 spiro atoms. The maximum Gasteiger partial charge on any atom is 0.335 e. The summed E-state index contributed by atoms with van der Waals surface area (Å²) in [5.41, 5.74) is 6.30. The second-order valence-corrected chi connectivity index (χ2v) is 15.6. The van der Waals surface area contributed by atoms with Gasteiger partial charge in [-0.2, -0.15) is 0 Å². The maximum absolute atomic E-state index is 13.9. The van der Waals surface area contributed by atoms with Gasteiger partial charge < -0.3 is 20.8 Å². The van der Waals surface area contributed by atoms with E-state index in [1.165, 1.54) is 11.3 Å². The standard InChI is InChI=1S/C42H45N3O6S/c46-38(31-5-3-4-28(24-31)25-45(34-22-23-34)33-20-16-30(17-21-33)42(50)51)44-40-37(35-6-1-2-7-36(35)52-40)39(47)43-32-18-12-27(13-19-32)9-8-26-10-14-29(15-11-26)41(48)49/h3-5,10-15,18-19,24,30,33-34H,1-2,6-9,16-17,20-23,25H2,(H,43,47)(H,44,46)(H,48,49)(H,50,51). The van der Waals surface area contributed by atoms with Gasteiger partial charge in [-0.25, -0.2) is 4.79 Å². The number of hydrogen-bond donors (Lipinski definition) is 4. The van der Waals surface area contributed by atoms with Crippen LogP contribution in [0.15, 0.2) is 72.8 Å². The van der Waals surface area contributed by atoms with Crippen LogP contribution in [0.3, 0.4) is 0 Å². The predicted octanol–water partition coefficient (Wildman–Crippen LogP) is 8.22. The topological polar surface area (TPSA) is 136 Å². The fraction of sp³-hybridized carbons (Fsp3) is 0.381. The summed E-state index contributed by atoms with van der Waals surface area (Å²) in [6.45, 7) is 0.730. The number of carboxylic acids is 2. The number of carbonyl (C=O) groups excluding carboxylic acids is 2. The van der Waals surface area contributed by atoms with Crippen LogP contribution in [0.25, 0.3) is 0 Å². The van der Waals surface area contributed by atoms with Crippen LogP contribution in [0.1, 0.15) is 110 Å². The smallest absolute Gasteiger partial charge is 0.335 e. The molecule has 3 aromatic carbocycles. The van der Waals surface area contributed by atoms with Crippen LogP contribution in [0.2, 0.25) is 0 Å². The Balaban J connectivity index is 1.01. The van der Waals surface area contributed by atoms with Crippen LogP contribution < -0.4 is 10.6 Å². The monoisotopic (exact) mass is 719 g/mol. The fourth-order valence-corrected chi connectivity index (χ4v) is 9.04. The van der Waals surface area contributed by atoms with E-state index in [0.717, 1.165) is 97.9 Å². The summed E-state index contributed by atoms with van der Waals surface area (Å²) in [5, 5.41) is 25.4. The first-order chi connectivity index (χ1) is 25.2. The van der Waals surface area contributed by atoms with Crippen molar-refractivity contribution >= 4 is 45.8 Å². The number of aryl methyl sites for hydroxylation is 3. The Labute approximate surface area is 308 Å². The zero-order valence-corrected chi connectivity index (χ0v) is 30.1. The Morgan fingerprint density at radius 2 is 1.33 bits per heavy atom. The van der Waals surface area contributed by atoms with Crippen molar-refractivity contribution in [3.05, 3.63) is 117 Å². The van der Waals surface area contributed by atoms with Crippen LogP contribution in [0.4, 0.5) is 10.7 Å². The van der Waals surface area contributed by atoms with Gasteiger partial charge in [0.1, 0.15) is 5.00 Å². The molecule has 0 atom stereocenters. The summed E-state index contributed by atoms with van der Waals surface area (Å²) in [6.07, 6.45) is 10.8. The van der Waals surface area contributed by atoms with Crippen LogP contribution in [-0.2, 0) is 37.0 Å². The number of thiophene rings is 1. The second kappa shape index (κ2) is 15.8. The molecule has 0 saturated heterocycles. The van der Waals surface area contributed by atoms with Gasteiger partial charge in [0.05, 0.1) is 17.0 Å². The van der Waals surface area contributed by atoms with Gasteiger partial charge in [0.15, 0.2) is 0 Å². The van der Waals surface area contributed by atoms with Crippen LogP contribution in [-0.4, -0.2) is 50.9 Å². The van der Waals surface area contributed by atoms with E-state index >= 15 is 0 Å². The van der Waals surface area contributed by atoms with E-state index in [9.17, 15) is 24.3 Å². The van der Waals surface area contributed by atoms with Crippen molar-refractivity contribution in [1.29, 1.82) is 0 Å². The number of nitrogens with one attached hydrogen (secondary N) is 2. The lowest BCUT2D eigenvalue weighted by Gasteiger charge is -2.36.